The van der Waals surface area contributed by atoms with Crippen molar-refractivity contribution in [2.24, 2.45) is 5.73 Å². The molecule has 0 saturated carbocycles. The van der Waals surface area contributed by atoms with E-state index in [0.717, 1.165) is 61.6 Å². The first-order valence-corrected chi connectivity index (χ1v) is 17.2. The molecule has 0 spiro atoms. The first-order chi connectivity index (χ1) is 24.1. The van der Waals surface area contributed by atoms with Gasteiger partial charge in [-0.25, -0.2) is 0 Å². The summed E-state index contributed by atoms with van der Waals surface area (Å²) in [5.74, 6) is 0.595. The summed E-state index contributed by atoms with van der Waals surface area (Å²) < 4.78 is 2.37. The average Bonchev–Trinajstić information content (AvgIpc) is 3.51. The number of hydrogen-bond acceptors (Lipinski definition) is 4. The van der Waals surface area contributed by atoms with Crippen LogP contribution in [0.3, 0.4) is 0 Å². The van der Waals surface area contributed by atoms with Crippen molar-refractivity contribution in [2.45, 2.75) is 6.42 Å². The van der Waals surface area contributed by atoms with Crippen LogP contribution in [0, 0.1) is 0 Å². The number of benzene rings is 4. The lowest BCUT2D eigenvalue weighted by Gasteiger charge is -2.35. The van der Waals surface area contributed by atoms with Crippen molar-refractivity contribution >= 4 is 65.3 Å². The summed E-state index contributed by atoms with van der Waals surface area (Å²) in [6, 6.07) is 29.6. The number of rotatable bonds is 4. The fraction of sp³-hybridized carbons (Fsp3) is 0.0222. The van der Waals surface area contributed by atoms with Crippen LogP contribution in [-0.4, -0.2) is 0 Å². The van der Waals surface area contributed by atoms with E-state index in [9.17, 15) is 0 Å². The maximum atomic E-state index is 7.35. The van der Waals surface area contributed by atoms with E-state index in [0.29, 0.717) is 5.82 Å². The molecule has 236 valence electrons. The van der Waals surface area contributed by atoms with Crippen LogP contribution in [0.15, 0.2) is 189 Å². The van der Waals surface area contributed by atoms with E-state index < -0.39 is 0 Å². The molecular weight excluding hydrogens is 615 g/mol. The molecule has 0 bridgehead atoms. The van der Waals surface area contributed by atoms with Gasteiger partial charge in [0, 0.05) is 49.4 Å². The van der Waals surface area contributed by atoms with E-state index >= 15 is 0 Å². The lowest BCUT2D eigenvalue weighted by molar-refractivity contribution is 1.10. The molecule has 3 aliphatic rings. The molecule has 3 nitrogen and oxygen atoms in total. The van der Waals surface area contributed by atoms with Crippen LogP contribution in [0.1, 0.15) is 23.1 Å². The highest BCUT2D eigenvalue weighted by Crippen LogP contribution is 2.54. The van der Waals surface area contributed by atoms with E-state index in [1.807, 2.05) is 24.3 Å². The van der Waals surface area contributed by atoms with E-state index in [2.05, 4.69) is 163 Å². The fourth-order valence-corrected chi connectivity index (χ4v) is 8.16. The van der Waals surface area contributed by atoms with Crippen LogP contribution >= 0.6 is 11.3 Å². The van der Waals surface area contributed by atoms with Crippen LogP contribution in [0.5, 0.6) is 0 Å². The van der Waals surface area contributed by atoms with Gasteiger partial charge in [0.2, 0.25) is 0 Å². The average molecular weight is 650 g/mol. The van der Waals surface area contributed by atoms with E-state index in [1.54, 1.807) is 11.3 Å². The smallest absolute Gasteiger partial charge is 0.108 e. The third-order valence-corrected chi connectivity index (χ3v) is 10.3. The minimum Gasteiger partial charge on any atom is -0.385 e. The monoisotopic (exact) mass is 649 g/mol. The Morgan fingerprint density at radius 3 is 2.12 bits per heavy atom. The van der Waals surface area contributed by atoms with Crippen LogP contribution in [-0.2, 0) is 0 Å². The molecule has 2 aliphatic heterocycles. The van der Waals surface area contributed by atoms with Crippen molar-refractivity contribution in [3.05, 3.63) is 205 Å². The Balaban J connectivity index is 1.51. The molecule has 5 aromatic rings. The summed E-state index contributed by atoms with van der Waals surface area (Å²) in [5.41, 5.74) is 17.7. The molecule has 49 heavy (non-hydrogen) atoms. The molecule has 8 rings (SSSR count). The predicted molar refractivity (Wildman–Crippen MR) is 214 cm³/mol. The molecule has 3 heterocycles. The van der Waals surface area contributed by atoms with Gasteiger partial charge in [-0.15, -0.1) is 11.3 Å². The lowest BCUT2D eigenvalue weighted by Crippen LogP contribution is -2.26. The van der Waals surface area contributed by atoms with Gasteiger partial charge in [-0.2, -0.15) is 0 Å². The number of fused-ring (bicyclic) bond motifs is 8. The molecule has 1 aromatic heterocycles. The van der Waals surface area contributed by atoms with Gasteiger partial charge in [0.25, 0.3) is 0 Å². The van der Waals surface area contributed by atoms with E-state index in [4.69, 9.17) is 5.73 Å². The van der Waals surface area contributed by atoms with Crippen molar-refractivity contribution in [3.63, 3.8) is 0 Å². The number of para-hydroxylation sites is 1. The van der Waals surface area contributed by atoms with Gasteiger partial charge < -0.3 is 15.5 Å². The number of anilines is 3. The van der Waals surface area contributed by atoms with E-state index in [1.165, 1.54) is 21.0 Å². The zero-order chi connectivity index (χ0) is 33.3. The highest BCUT2D eigenvalue weighted by atomic mass is 32.1. The lowest BCUT2D eigenvalue weighted by atomic mass is 9.89. The summed E-state index contributed by atoms with van der Waals surface area (Å²) in [5, 5.41) is 2.37. The molecule has 0 fully saturated rings. The molecule has 0 unspecified atom stereocenters. The quantitative estimate of drug-likeness (QED) is 0.210. The summed E-state index contributed by atoms with van der Waals surface area (Å²) in [7, 11) is 0. The Labute approximate surface area is 291 Å². The second kappa shape index (κ2) is 12.8. The summed E-state index contributed by atoms with van der Waals surface area (Å²) in [4.78, 5) is 4.41. The Morgan fingerprint density at radius 2 is 1.37 bits per heavy atom. The van der Waals surface area contributed by atoms with Crippen molar-refractivity contribution in [3.8, 4) is 0 Å². The SMILES string of the molecule is C=C1/C=C\C=C/N(/C(N)=C/C(=C2/C=CC=CC2)c2ccccc2)c2c3c(c4c(sc5ccccc54)c21)C(=C)/C=C\C=C/N3c1ccccc1. The third kappa shape index (κ3) is 5.42. The summed E-state index contributed by atoms with van der Waals surface area (Å²) >= 11 is 1.79. The zero-order valence-corrected chi connectivity index (χ0v) is 27.9. The van der Waals surface area contributed by atoms with Gasteiger partial charge in [-0.1, -0.05) is 128 Å². The molecular formula is C45H35N3S. The molecule has 0 radical (unpaired) electrons. The van der Waals surface area contributed by atoms with Gasteiger partial charge in [0.1, 0.15) is 5.82 Å². The molecule has 0 atom stereocenters. The first-order valence-electron chi connectivity index (χ1n) is 16.4. The Hall–Kier alpha value is -6.10. The van der Waals surface area contributed by atoms with Gasteiger partial charge in [0.15, 0.2) is 0 Å². The molecule has 4 heteroatoms. The van der Waals surface area contributed by atoms with Crippen LogP contribution in [0.4, 0.5) is 17.1 Å². The minimum absolute atomic E-state index is 0.595. The highest BCUT2D eigenvalue weighted by Gasteiger charge is 2.31. The van der Waals surface area contributed by atoms with Crippen molar-refractivity contribution in [1.29, 1.82) is 0 Å². The van der Waals surface area contributed by atoms with E-state index in [-0.39, 0.29) is 0 Å². The first kappa shape index (κ1) is 30.2. The number of thiophene rings is 1. The van der Waals surface area contributed by atoms with Crippen molar-refractivity contribution < 1.29 is 0 Å². The number of allylic oxidation sites excluding steroid dienone is 15. The molecule has 0 amide bonds. The van der Waals surface area contributed by atoms with Crippen LogP contribution < -0.4 is 15.5 Å². The van der Waals surface area contributed by atoms with Gasteiger partial charge in [-0.05, 0) is 70.7 Å². The Kier molecular flexibility index (Phi) is 7.92. The summed E-state index contributed by atoms with van der Waals surface area (Å²) in [6.07, 6.45) is 28.1. The molecule has 4 aromatic carbocycles. The molecule has 2 N–H and O–H groups in total. The number of nitrogens with zero attached hydrogens (tertiary/aromatic N) is 2. The van der Waals surface area contributed by atoms with Crippen LogP contribution in [0.2, 0.25) is 0 Å². The van der Waals surface area contributed by atoms with Crippen molar-refractivity contribution in [1.82, 2.24) is 0 Å². The summed E-state index contributed by atoms with van der Waals surface area (Å²) in [6.45, 7) is 9.33. The standard InChI is InChI=1S/C45H35N3S/c1-31-18-14-16-28-47(35-24-10-5-11-25-35)43-40(31)42-36-26-12-13-27-38(36)49-45(42)41-32(2)19-15-17-29-48(44(41)43)39(46)30-37(33-20-6-3-7-21-33)34-22-8-4-9-23-34/h3-22,24-30H,1-2,23,46H2/b18-14-,19-15-,28-16-,29-17-,37-34+,39-30+. The zero-order valence-electron chi connectivity index (χ0n) is 27.1. The number of nitrogens with two attached hydrogens (primary N) is 1. The highest BCUT2D eigenvalue weighted by molar-refractivity contribution is 7.26. The van der Waals surface area contributed by atoms with Gasteiger partial charge in [-0.3, -0.25) is 0 Å². The molecule has 0 saturated heterocycles. The van der Waals surface area contributed by atoms with Gasteiger partial charge >= 0.3 is 0 Å². The third-order valence-electron chi connectivity index (χ3n) is 9.10. The predicted octanol–water partition coefficient (Wildman–Crippen LogP) is 12.0. The Morgan fingerprint density at radius 1 is 0.694 bits per heavy atom. The van der Waals surface area contributed by atoms with Gasteiger partial charge in [0.05, 0.1) is 11.4 Å². The number of hydrogen-bond donors (Lipinski definition) is 1. The maximum absolute atomic E-state index is 7.35. The largest absolute Gasteiger partial charge is 0.385 e. The minimum atomic E-state index is 0.595. The van der Waals surface area contributed by atoms with Crippen molar-refractivity contribution in [2.75, 3.05) is 9.80 Å². The normalized spacial score (nSPS) is 19.5. The maximum Gasteiger partial charge on any atom is 0.108 e. The fourth-order valence-electron chi connectivity index (χ4n) is 6.87. The topological polar surface area (TPSA) is 32.5 Å². The second-order valence-electron chi connectivity index (χ2n) is 12.1. The Bertz CT molecular complexity index is 2390. The second-order valence-corrected chi connectivity index (χ2v) is 13.2. The molecule has 1 aliphatic carbocycles. The van der Waals surface area contributed by atoms with Crippen LogP contribution in [0.25, 0.3) is 36.9 Å².